The number of benzene rings is 2. The van der Waals surface area contributed by atoms with Crippen molar-refractivity contribution in [3.63, 3.8) is 0 Å². The second kappa shape index (κ2) is 9.40. The normalized spacial score (nSPS) is 19.2. The van der Waals surface area contributed by atoms with Crippen molar-refractivity contribution in [3.05, 3.63) is 95.6 Å². The van der Waals surface area contributed by atoms with Gasteiger partial charge in [0.1, 0.15) is 6.04 Å². The number of hydrazine groups is 1. The fourth-order valence-corrected chi connectivity index (χ4v) is 4.40. The summed E-state index contributed by atoms with van der Waals surface area (Å²) in [5.74, 6) is -5.03. The van der Waals surface area contributed by atoms with Crippen molar-refractivity contribution in [2.45, 2.75) is 18.9 Å². The number of nitrogens with zero attached hydrogens (tertiary/aromatic N) is 5. The number of nitrogens with one attached hydrogen (secondary N) is 2. The first-order valence-corrected chi connectivity index (χ1v) is 11.4. The Morgan fingerprint density at radius 1 is 1.14 bits per heavy atom. The Kier molecular flexibility index (Phi) is 6.11. The first kappa shape index (κ1) is 24.0. The van der Waals surface area contributed by atoms with Gasteiger partial charge in [-0.05, 0) is 25.1 Å². The molecule has 1 saturated heterocycles. The molecular weight excluding hydrogens is 480 g/mol. The van der Waals surface area contributed by atoms with Crippen molar-refractivity contribution >= 4 is 23.5 Å². The average Bonchev–Trinajstić information content (AvgIpc) is 3.34. The smallest absolute Gasteiger partial charge is 0.301 e. The van der Waals surface area contributed by atoms with Crippen LogP contribution in [0.1, 0.15) is 23.6 Å². The Bertz CT molecular complexity index is 1420. The van der Waals surface area contributed by atoms with Gasteiger partial charge in [0.05, 0.1) is 23.1 Å². The van der Waals surface area contributed by atoms with Crippen LogP contribution in [0.5, 0.6) is 0 Å². The molecule has 186 valence electrons. The summed E-state index contributed by atoms with van der Waals surface area (Å²) >= 11 is 0. The molecule has 37 heavy (non-hydrogen) atoms. The standard InChI is InChI=1S/C26H21F2N7O2/c1-16-15-34-22(21(14-32-34)23(36)33-20-9-5-6-17(10-20)11-29)24(37)35(16)25-30-12-19(13-31-25)26(27,28)18-7-3-2-4-8-18/h2-10,12-13,15,21-22,32H,14H2,1H3,(H,33,36). The predicted octanol–water partition coefficient (Wildman–Crippen LogP) is 3.14. The Hall–Kier alpha value is -4.69. The summed E-state index contributed by atoms with van der Waals surface area (Å²) in [4.78, 5) is 36.0. The molecule has 3 aromatic rings. The van der Waals surface area contributed by atoms with Crippen LogP contribution in [0.15, 0.2) is 78.9 Å². The maximum atomic E-state index is 14.9. The van der Waals surface area contributed by atoms with Gasteiger partial charge >= 0.3 is 5.92 Å². The Morgan fingerprint density at radius 3 is 2.57 bits per heavy atom. The van der Waals surface area contributed by atoms with Crippen molar-refractivity contribution in [2.24, 2.45) is 5.92 Å². The third-order valence-electron chi connectivity index (χ3n) is 6.26. The van der Waals surface area contributed by atoms with Gasteiger partial charge in [0.2, 0.25) is 11.9 Å². The van der Waals surface area contributed by atoms with Crippen molar-refractivity contribution in [1.29, 1.82) is 5.26 Å². The fraction of sp³-hybridized carbons (Fsp3) is 0.192. The number of amides is 2. The summed E-state index contributed by atoms with van der Waals surface area (Å²) < 4.78 is 29.8. The summed E-state index contributed by atoms with van der Waals surface area (Å²) in [6.45, 7) is 1.85. The van der Waals surface area contributed by atoms with Crippen LogP contribution in [-0.4, -0.2) is 39.4 Å². The van der Waals surface area contributed by atoms with E-state index >= 15 is 0 Å². The number of fused-ring (bicyclic) bond motifs is 1. The van der Waals surface area contributed by atoms with Crippen LogP contribution in [0.4, 0.5) is 20.4 Å². The molecule has 2 unspecified atom stereocenters. The molecule has 11 heteroatoms. The summed E-state index contributed by atoms with van der Waals surface area (Å²) in [6, 6.07) is 14.9. The second-order valence-electron chi connectivity index (χ2n) is 8.66. The number of anilines is 2. The highest BCUT2D eigenvalue weighted by atomic mass is 19.3. The Labute approximate surface area is 211 Å². The second-order valence-corrected chi connectivity index (χ2v) is 8.66. The third kappa shape index (κ3) is 4.39. The first-order chi connectivity index (χ1) is 17.8. The molecule has 0 aliphatic carbocycles. The zero-order chi connectivity index (χ0) is 26.2. The molecule has 5 rings (SSSR count). The average molecular weight is 501 g/mol. The number of allylic oxidation sites excluding steroid dienone is 1. The maximum absolute atomic E-state index is 14.9. The Morgan fingerprint density at radius 2 is 1.86 bits per heavy atom. The number of halogens is 2. The minimum absolute atomic E-state index is 0.0706. The molecule has 0 saturated carbocycles. The number of aromatic nitrogens is 2. The quantitative estimate of drug-likeness (QED) is 0.552. The van der Waals surface area contributed by atoms with Crippen molar-refractivity contribution in [2.75, 3.05) is 16.8 Å². The lowest BCUT2D eigenvalue weighted by atomic mass is 9.97. The van der Waals surface area contributed by atoms with E-state index in [1.54, 1.807) is 42.4 Å². The highest BCUT2D eigenvalue weighted by Gasteiger charge is 2.48. The minimum atomic E-state index is -3.31. The van der Waals surface area contributed by atoms with Gasteiger partial charge in [0, 0.05) is 42.1 Å². The predicted molar refractivity (Wildman–Crippen MR) is 130 cm³/mol. The van der Waals surface area contributed by atoms with Gasteiger partial charge in [-0.3, -0.25) is 9.59 Å². The molecule has 2 amide bonds. The molecule has 1 aromatic heterocycles. The maximum Gasteiger partial charge on any atom is 0.301 e. The molecule has 2 aliphatic heterocycles. The number of hydrogen-bond donors (Lipinski definition) is 2. The van der Waals surface area contributed by atoms with E-state index < -0.39 is 35.3 Å². The van der Waals surface area contributed by atoms with Crippen molar-refractivity contribution in [3.8, 4) is 6.07 Å². The number of carbonyl (C=O) groups is 2. The van der Waals surface area contributed by atoms with Crippen LogP contribution in [-0.2, 0) is 15.5 Å². The molecule has 2 atom stereocenters. The van der Waals surface area contributed by atoms with Gasteiger partial charge in [0.15, 0.2) is 0 Å². The molecule has 0 spiro atoms. The molecule has 0 radical (unpaired) electrons. The summed E-state index contributed by atoms with van der Waals surface area (Å²) in [6.07, 6.45) is 3.65. The summed E-state index contributed by atoms with van der Waals surface area (Å²) in [5, 5.41) is 13.4. The van der Waals surface area contributed by atoms with E-state index in [1.807, 2.05) is 6.07 Å². The molecular formula is C26H21F2N7O2. The monoisotopic (exact) mass is 501 g/mol. The summed E-state index contributed by atoms with van der Waals surface area (Å²) in [7, 11) is 0. The zero-order valence-electron chi connectivity index (χ0n) is 19.6. The van der Waals surface area contributed by atoms with E-state index in [9.17, 15) is 18.4 Å². The van der Waals surface area contributed by atoms with E-state index in [1.165, 1.54) is 35.2 Å². The lowest BCUT2D eigenvalue weighted by Gasteiger charge is -2.35. The highest BCUT2D eigenvalue weighted by molar-refractivity contribution is 6.04. The number of alkyl halides is 2. The first-order valence-electron chi connectivity index (χ1n) is 11.4. The van der Waals surface area contributed by atoms with Gasteiger partial charge in [-0.25, -0.2) is 20.3 Å². The lowest BCUT2D eigenvalue weighted by molar-refractivity contribution is -0.129. The van der Waals surface area contributed by atoms with Gasteiger partial charge in [-0.1, -0.05) is 36.4 Å². The number of hydrogen-bond acceptors (Lipinski definition) is 7. The highest BCUT2D eigenvalue weighted by Crippen LogP contribution is 2.36. The molecule has 0 bridgehead atoms. The molecule has 2 N–H and O–H groups in total. The van der Waals surface area contributed by atoms with E-state index in [0.717, 1.165) is 12.4 Å². The number of rotatable bonds is 5. The van der Waals surface area contributed by atoms with E-state index in [0.29, 0.717) is 16.9 Å². The SMILES string of the molecule is CC1=CN2NCC(C(=O)Nc3cccc(C#N)c3)C2C(=O)N1c1ncc(C(F)(F)c2ccccc2)cn1. The van der Waals surface area contributed by atoms with Gasteiger partial charge in [-0.15, -0.1) is 0 Å². The van der Waals surface area contributed by atoms with E-state index in [2.05, 4.69) is 20.7 Å². The Balaban J connectivity index is 1.38. The number of nitriles is 1. The molecule has 9 nitrogen and oxygen atoms in total. The van der Waals surface area contributed by atoms with Crippen LogP contribution in [0.25, 0.3) is 0 Å². The fourth-order valence-electron chi connectivity index (χ4n) is 4.40. The van der Waals surface area contributed by atoms with Crippen LogP contribution in [0, 0.1) is 17.2 Å². The van der Waals surface area contributed by atoms with E-state index in [-0.39, 0.29) is 18.1 Å². The summed E-state index contributed by atoms with van der Waals surface area (Å²) in [5.41, 5.74) is 3.72. The molecule has 2 aliphatic rings. The van der Waals surface area contributed by atoms with Crippen molar-refractivity contribution in [1.82, 2.24) is 20.4 Å². The van der Waals surface area contributed by atoms with Crippen LogP contribution >= 0.6 is 0 Å². The lowest BCUT2D eigenvalue weighted by Crippen LogP contribution is -2.53. The van der Waals surface area contributed by atoms with E-state index in [4.69, 9.17) is 5.26 Å². The molecule has 1 fully saturated rings. The number of carbonyl (C=O) groups excluding carboxylic acids is 2. The molecule has 3 heterocycles. The van der Waals surface area contributed by atoms with Gasteiger partial charge in [0.25, 0.3) is 5.91 Å². The minimum Gasteiger partial charge on any atom is -0.326 e. The van der Waals surface area contributed by atoms with Gasteiger partial charge < -0.3 is 10.3 Å². The third-order valence-corrected chi connectivity index (χ3v) is 6.26. The topological polar surface area (TPSA) is 114 Å². The largest absolute Gasteiger partial charge is 0.326 e. The van der Waals surface area contributed by atoms with Crippen LogP contribution in [0.3, 0.4) is 0 Å². The van der Waals surface area contributed by atoms with Crippen LogP contribution < -0.4 is 15.6 Å². The van der Waals surface area contributed by atoms with Crippen molar-refractivity contribution < 1.29 is 18.4 Å². The molecule has 2 aromatic carbocycles. The van der Waals surface area contributed by atoms with Crippen LogP contribution in [0.2, 0.25) is 0 Å². The zero-order valence-corrected chi connectivity index (χ0v) is 19.6. The van der Waals surface area contributed by atoms with Gasteiger partial charge in [-0.2, -0.15) is 14.0 Å².